The molecule has 1 aliphatic heterocycles. The Bertz CT molecular complexity index is 548. The molecule has 1 aliphatic rings. The van der Waals surface area contributed by atoms with E-state index in [1.54, 1.807) is 0 Å². The molecule has 2 aromatic rings. The van der Waals surface area contributed by atoms with Crippen molar-refractivity contribution in [1.29, 1.82) is 0 Å². The monoisotopic (exact) mass is 309 g/mol. The normalized spacial score (nSPS) is 19.6. The molecule has 0 aliphatic carbocycles. The average Bonchev–Trinajstić information content (AvgIpc) is 3.04. The summed E-state index contributed by atoms with van der Waals surface area (Å²) in [6.45, 7) is 1.65. The van der Waals surface area contributed by atoms with Crippen LogP contribution in [0.5, 0.6) is 0 Å². The third kappa shape index (κ3) is 1.91. The van der Waals surface area contributed by atoms with Gasteiger partial charge in [0.2, 0.25) is 0 Å². The van der Waals surface area contributed by atoms with Gasteiger partial charge in [0.1, 0.15) is 5.65 Å². The number of pyridine rings is 1. The number of likely N-dealkylation sites (N-methyl/N-ethyl adjacent to an activating group) is 1. The van der Waals surface area contributed by atoms with Gasteiger partial charge in [0, 0.05) is 25.2 Å². The number of ether oxygens (including phenoxy) is 1. The van der Waals surface area contributed by atoms with Crippen molar-refractivity contribution in [1.82, 2.24) is 9.38 Å². The number of halogens is 1. The second-order valence-corrected chi connectivity index (χ2v) is 5.13. The van der Waals surface area contributed by atoms with Crippen LogP contribution in [-0.4, -0.2) is 35.7 Å². The molecule has 5 heteroatoms. The number of fused-ring (bicyclic) bond motifs is 1. The molecular formula is C13H16BrN3O. The van der Waals surface area contributed by atoms with Crippen molar-refractivity contribution in [3.8, 4) is 0 Å². The zero-order valence-electron chi connectivity index (χ0n) is 10.3. The van der Waals surface area contributed by atoms with E-state index in [4.69, 9.17) is 9.72 Å². The smallest absolute Gasteiger partial charge is 0.152 e. The summed E-state index contributed by atoms with van der Waals surface area (Å²) in [7, 11) is 2.10. The number of rotatable bonds is 3. The van der Waals surface area contributed by atoms with Crippen LogP contribution in [0.2, 0.25) is 0 Å². The van der Waals surface area contributed by atoms with Gasteiger partial charge in [0.25, 0.3) is 0 Å². The fourth-order valence-electron chi connectivity index (χ4n) is 2.44. The standard InChI is InChI=1S/C13H16BrN3O/c1-16(10-5-7-18-9-10)13-11(8-14)17-6-3-2-4-12(17)15-13/h2-4,6,10H,5,7-9H2,1H3. The van der Waals surface area contributed by atoms with Crippen LogP contribution in [0, 0.1) is 0 Å². The molecule has 1 fully saturated rings. The summed E-state index contributed by atoms with van der Waals surface area (Å²) in [6, 6.07) is 6.52. The first-order valence-electron chi connectivity index (χ1n) is 6.13. The average molecular weight is 310 g/mol. The first kappa shape index (κ1) is 12.0. The van der Waals surface area contributed by atoms with Crippen molar-refractivity contribution in [3.63, 3.8) is 0 Å². The minimum Gasteiger partial charge on any atom is -0.379 e. The molecule has 1 saturated heterocycles. The Morgan fingerprint density at radius 3 is 3.17 bits per heavy atom. The number of anilines is 1. The predicted octanol–water partition coefficient (Wildman–Crippen LogP) is 2.45. The molecule has 96 valence electrons. The maximum atomic E-state index is 5.46. The number of hydrogen-bond acceptors (Lipinski definition) is 3. The summed E-state index contributed by atoms with van der Waals surface area (Å²) in [5, 5.41) is 0.797. The van der Waals surface area contributed by atoms with Crippen LogP contribution in [0.4, 0.5) is 5.82 Å². The van der Waals surface area contributed by atoms with E-state index in [-0.39, 0.29) is 0 Å². The number of imidazole rings is 1. The van der Waals surface area contributed by atoms with Crippen LogP contribution >= 0.6 is 15.9 Å². The number of aromatic nitrogens is 2. The van der Waals surface area contributed by atoms with Crippen molar-refractivity contribution in [2.75, 3.05) is 25.2 Å². The number of nitrogens with zero attached hydrogens (tertiary/aromatic N) is 3. The Labute approximate surface area is 115 Å². The van der Waals surface area contributed by atoms with E-state index in [0.717, 1.165) is 36.4 Å². The highest BCUT2D eigenvalue weighted by molar-refractivity contribution is 9.08. The largest absolute Gasteiger partial charge is 0.379 e. The predicted molar refractivity (Wildman–Crippen MR) is 75.5 cm³/mol. The van der Waals surface area contributed by atoms with Gasteiger partial charge in [0.15, 0.2) is 5.82 Å². The minimum absolute atomic E-state index is 0.438. The van der Waals surface area contributed by atoms with Crippen LogP contribution in [0.25, 0.3) is 5.65 Å². The van der Waals surface area contributed by atoms with Crippen LogP contribution in [-0.2, 0) is 10.1 Å². The summed E-state index contributed by atoms with van der Waals surface area (Å²) in [5.74, 6) is 1.05. The molecule has 0 N–H and O–H groups in total. The topological polar surface area (TPSA) is 29.8 Å². The molecule has 1 atom stereocenters. The molecule has 1 unspecified atom stereocenters. The highest BCUT2D eigenvalue weighted by Crippen LogP contribution is 2.26. The van der Waals surface area contributed by atoms with Crippen molar-refractivity contribution in [3.05, 3.63) is 30.1 Å². The first-order chi connectivity index (χ1) is 8.81. The van der Waals surface area contributed by atoms with E-state index in [9.17, 15) is 0 Å². The second-order valence-electron chi connectivity index (χ2n) is 4.57. The highest BCUT2D eigenvalue weighted by Gasteiger charge is 2.24. The molecule has 0 amide bonds. The molecule has 0 bridgehead atoms. The van der Waals surface area contributed by atoms with Crippen molar-refractivity contribution in [2.24, 2.45) is 0 Å². The van der Waals surface area contributed by atoms with Gasteiger partial charge in [0.05, 0.1) is 18.3 Å². The van der Waals surface area contributed by atoms with Gasteiger partial charge in [-0.25, -0.2) is 4.98 Å². The molecule has 3 heterocycles. The quantitative estimate of drug-likeness (QED) is 0.816. The van der Waals surface area contributed by atoms with Gasteiger partial charge < -0.3 is 14.0 Å². The lowest BCUT2D eigenvalue weighted by Gasteiger charge is -2.23. The van der Waals surface area contributed by atoms with Gasteiger partial charge in [-0.2, -0.15) is 0 Å². The first-order valence-corrected chi connectivity index (χ1v) is 7.26. The summed E-state index contributed by atoms with van der Waals surface area (Å²) >= 11 is 3.57. The van der Waals surface area contributed by atoms with Crippen LogP contribution in [0.15, 0.2) is 24.4 Å². The Hall–Kier alpha value is -1.07. The Morgan fingerprint density at radius 1 is 1.56 bits per heavy atom. The Balaban J connectivity index is 2.04. The Kier molecular flexibility index (Phi) is 3.26. The zero-order chi connectivity index (χ0) is 12.5. The molecule has 4 nitrogen and oxygen atoms in total. The van der Waals surface area contributed by atoms with Crippen LogP contribution in [0.1, 0.15) is 12.1 Å². The SMILES string of the molecule is CN(c1nc2ccccn2c1CBr)C1CCOC1. The molecular weight excluding hydrogens is 294 g/mol. The van der Waals surface area contributed by atoms with Crippen LogP contribution in [0.3, 0.4) is 0 Å². The van der Waals surface area contributed by atoms with Gasteiger partial charge in [-0.3, -0.25) is 0 Å². The lowest BCUT2D eigenvalue weighted by molar-refractivity contribution is 0.193. The van der Waals surface area contributed by atoms with E-state index < -0.39 is 0 Å². The minimum atomic E-state index is 0.438. The highest BCUT2D eigenvalue weighted by atomic mass is 79.9. The van der Waals surface area contributed by atoms with Crippen molar-refractivity contribution >= 4 is 27.4 Å². The molecule has 0 radical (unpaired) electrons. The molecule has 0 saturated carbocycles. The molecule has 0 spiro atoms. The summed E-state index contributed by atoms with van der Waals surface area (Å²) in [4.78, 5) is 6.98. The van der Waals surface area contributed by atoms with E-state index in [1.807, 2.05) is 18.2 Å². The fraction of sp³-hybridized carbons (Fsp3) is 0.462. The molecule has 3 rings (SSSR count). The van der Waals surface area contributed by atoms with E-state index in [1.165, 1.54) is 5.69 Å². The summed E-state index contributed by atoms with van der Waals surface area (Å²) in [6.07, 6.45) is 3.13. The molecule has 0 aromatic carbocycles. The van der Waals surface area contributed by atoms with Crippen molar-refractivity contribution < 1.29 is 4.74 Å². The number of alkyl halides is 1. The number of hydrogen-bond donors (Lipinski definition) is 0. The lowest BCUT2D eigenvalue weighted by Crippen LogP contribution is -2.32. The van der Waals surface area contributed by atoms with Gasteiger partial charge in [-0.1, -0.05) is 22.0 Å². The van der Waals surface area contributed by atoms with Crippen molar-refractivity contribution in [2.45, 2.75) is 17.8 Å². The molecule has 2 aromatic heterocycles. The zero-order valence-corrected chi connectivity index (χ0v) is 11.9. The van der Waals surface area contributed by atoms with E-state index >= 15 is 0 Å². The summed E-state index contributed by atoms with van der Waals surface area (Å²) < 4.78 is 7.59. The fourth-order valence-corrected chi connectivity index (χ4v) is 2.96. The van der Waals surface area contributed by atoms with Gasteiger partial charge >= 0.3 is 0 Å². The van der Waals surface area contributed by atoms with Gasteiger partial charge in [-0.15, -0.1) is 0 Å². The van der Waals surface area contributed by atoms with Crippen LogP contribution < -0.4 is 4.90 Å². The third-order valence-electron chi connectivity index (χ3n) is 3.52. The van der Waals surface area contributed by atoms with E-state index in [0.29, 0.717) is 6.04 Å². The maximum absolute atomic E-state index is 5.46. The Morgan fingerprint density at radius 2 is 2.44 bits per heavy atom. The second kappa shape index (κ2) is 4.90. The summed E-state index contributed by atoms with van der Waals surface area (Å²) in [5.41, 5.74) is 2.19. The van der Waals surface area contributed by atoms with E-state index in [2.05, 4.69) is 38.5 Å². The van der Waals surface area contributed by atoms with Gasteiger partial charge in [-0.05, 0) is 18.6 Å². The molecule has 18 heavy (non-hydrogen) atoms. The third-order valence-corrected chi connectivity index (χ3v) is 4.05. The maximum Gasteiger partial charge on any atom is 0.152 e. The lowest BCUT2D eigenvalue weighted by atomic mass is 10.2.